The van der Waals surface area contributed by atoms with Gasteiger partial charge in [0.2, 0.25) is 5.91 Å². The number of amides is 1. The standard InChI is InChI=1S/C10H17NO/c1-4-11-6-5-8(2)7-9(3)10(11)12/h4,8-9H,1,5-7H2,2-3H3. The van der Waals surface area contributed by atoms with Crippen molar-refractivity contribution in [2.45, 2.75) is 26.7 Å². The average Bonchev–Trinajstić information content (AvgIpc) is 2.14. The molecule has 0 aliphatic carbocycles. The summed E-state index contributed by atoms with van der Waals surface area (Å²) in [5.41, 5.74) is 0. The fourth-order valence-electron chi connectivity index (χ4n) is 1.76. The van der Waals surface area contributed by atoms with Gasteiger partial charge in [0.1, 0.15) is 0 Å². The lowest BCUT2D eigenvalue weighted by molar-refractivity contribution is -0.131. The van der Waals surface area contributed by atoms with Gasteiger partial charge >= 0.3 is 0 Å². The predicted molar refractivity (Wildman–Crippen MR) is 49.5 cm³/mol. The SMILES string of the molecule is C=CN1CCC(C)CC(C)C1=O. The number of carbonyl (C=O) groups is 1. The highest BCUT2D eigenvalue weighted by atomic mass is 16.2. The Bertz CT molecular complexity index is 188. The first-order chi connectivity index (χ1) is 5.65. The van der Waals surface area contributed by atoms with Crippen molar-refractivity contribution in [3.63, 3.8) is 0 Å². The zero-order valence-electron chi connectivity index (χ0n) is 7.92. The highest BCUT2D eigenvalue weighted by Gasteiger charge is 2.24. The third kappa shape index (κ3) is 1.87. The van der Waals surface area contributed by atoms with Crippen LogP contribution in [0.2, 0.25) is 0 Å². The van der Waals surface area contributed by atoms with Crippen LogP contribution in [0.3, 0.4) is 0 Å². The second-order valence-electron chi connectivity index (χ2n) is 3.74. The van der Waals surface area contributed by atoms with Gasteiger partial charge in [-0.2, -0.15) is 0 Å². The number of likely N-dealkylation sites (tertiary alicyclic amines) is 1. The minimum Gasteiger partial charge on any atom is -0.319 e. The average molecular weight is 167 g/mol. The smallest absolute Gasteiger partial charge is 0.229 e. The molecule has 1 heterocycles. The van der Waals surface area contributed by atoms with Crippen LogP contribution in [0.25, 0.3) is 0 Å². The van der Waals surface area contributed by atoms with Crippen LogP contribution >= 0.6 is 0 Å². The molecule has 68 valence electrons. The van der Waals surface area contributed by atoms with Gasteiger partial charge < -0.3 is 4.90 Å². The van der Waals surface area contributed by atoms with E-state index in [0.29, 0.717) is 5.92 Å². The van der Waals surface area contributed by atoms with Crippen LogP contribution in [-0.2, 0) is 4.79 Å². The number of hydrogen-bond donors (Lipinski definition) is 0. The third-order valence-corrected chi connectivity index (χ3v) is 2.54. The molecule has 2 heteroatoms. The van der Waals surface area contributed by atoms with Crippen LogP contribution in [0, 0.1) is 11.8 Å². The molecule has 0 aromatic carbocycles. The highest BCUT2D eigenvalue weighted by Crippen LogP contribution is 2.22. The molecule has 2 atom stereocenters. The third-order valence-electron chi connectivity index (χ3n) is 2.54. The van der Waals surface area contributed by atoms with E-state index in [-0.39, 0.29) is 11.8 Å². The molecule has 0 saturated carbocycles. The van der Waals surface area contributed by atoms with Crippen molar-refractivity contribution < 1.29 is 4.79 Å². The van der Waals surface area contributed by atoms with Gasteiger partial charge in [0.15, 0.2) is 0 Å². The molecule has 0 radical (unpaired) electrons. The summed E-state index contributed by atoms with van der Waals surface area (Å²) in [6, 6.07) is 0. The molecule has 1 rings (SSSR count). The Morgan fingerprint density at radius 3 is 2.83 bits per heavy atom. The second kappa shape index (κ2) is 3.74. The molecular formula is C10H17NO. The van der Waals surface area contributed by atoms with Crippen molar-refractivity contribution in [3.8, 4) is 0 Å². The Balaban J connectivity index is 2.69. The van der Waals surface area contributed by atoms with E-state index in [2.05, 4.69) is 13.5 Å². The quantitative estimate of drug-likeness (QED) is 0.585. The Labute approximate surface area is 74.2 Å². The molecule has 0 aromatic heterocycles. The summed E-state index contributed by atoms with van der Waals surface area (Å²) in [6.07, 6.45) is 3.77. The fraction of sp³-hybridized carbons (Fsp3) is 0.700. The molecule has 12 heavy (non-hydrogen) atoms. The Hall–Kier alpha value is -0.790. The number of rotatable bonds is 1. The van der Waals surface area contributed by atoms with Crippen LogP contribution in [0.4, 0.5) is 0 Å². The molecule has 0 bridgehead atoms. The molecule has 2 unspecified atom stereocenters. The minimum atomic E-state index is 0.167. The molecule has 1 aliphatic heterocycles. The minimum absolute atomic E-state index is 0.167. The van der Waals surface area contributed by atoms with E-state index in [1.165, 1.54) is 0 Å². The molecule has 2 nitrogen and oxygen atoms in total. The Kier molecular flexibility index (Phi) is 2.90. The lowest BCUT2D eigenvalue weighted by Gasteiger charge is -2.17. The van der Waals surface area contributed by atoms with E-state index in [4.69, 9.17) is 0 Å². The summed E-state index contributed by atoms with van der Waals surface area (Å²) >= 11 is 0. The predicted octanol–water partition coefficient (Wildman–Crippen LogP) is 2.02. The van der Waals surface area contributed by atoms with Crippen LogP contribution < -0.4 is 0 Å². The van der Waals surface area contributed by atoms with Gasteiger partial charge in [-0.05, 0) is 25.0 Å². The summed E-state index contributed by atoms with van der Waals surface area (Å²) in [7, 11) is 0. The molecular weight excluding hydrogens is 150 g/mol. The molecule has 1 saturated heterocycles. The molecule has 1 amide bonds. The summed E-state index contributed by atoms with van der Waals surface area (Å²) in [5, 5.41) is 0. The molecule has 0 spiro atoms. The van der Waals surface area contributed by atoms with Gasteiger partial charge in [0.05, 0.1) is 0 Å². The van der Waals surface area contributed by atoms with Gasteiger partial charge in [-0.1, -0.05) is 20.4 Å². The zero-order chi connectivity index (χ0) is 9.14. The summed E-state index contributed by atoms with van der Waals surface area (Å²) in [5.74, 6) is 1.06. The number of nitrogens with zero attached hydrogens (tertiary/aromatic N) is 1. The lowest BCUT2D eigenvalue weighted by atomic mass is 9.96. The first-order valence-electron chi connectivity index (χ1n) is 4.58. The molecule has 0 aromatic rings. The van der Waals surface area contributed by atoms with E-state index in [9.17, 15) is 4.79 Å². The van der Waals surface area contributed by atoms with Crippen molar-refractivity contribution in [1.82, 2.24) is 4.90 Å². The topological polar surface area (TPSA) is 20.3 Å². The monoisotopic (exact) mass is 167 g/mol. The Morgan fingerprint density at radius 1 is 1.58 bits per heavy atom. The summed E-state index contributed by atoms with van der Waals surface area (Å²) in [6.45, 7) is 8.69. The highest BCUT2D eigenvalue weighted by molar-refractivity contribution is 5.79. The maximum atomic E-state index is 11.6. The normalized spacial score (nSPS) is 31.5. The van der Waals surface area contributed by atoms with E-state index in [1.807, 2.05) is 6.92 Å². The first-order valence-corrected chi connectivity index (χ1v) is 4.58. The maximum Gasteiger partial charge on any atom is 0.229 e. The summed E-state index contributed by atoms with van der Waals surface area (Å²) < 4.78 is 0. The lowest BCUT2D eigenvalue weighted by Crippen LogP contribution is -2.28. The van der Waals surface area contributed by atoms with Gasteiger partial charge in [-0.25, -0.2) is 0 Å². The van der Waals surface area contributed by atoms with Gasteiger partial charge in [-0.3, -0.25) is 4.79 Å². The van der Waals surface area contributed by atoms with Gasteiger partial charge in [0.25, 0.3) is 0 Å². The summed E-state index contributed by atoms with van der Waals surface area (Å²) in [4.78, 5) is 13.3. The Morgan fingerprint density at radius 2 is 2.25 bits per heavy atom. The van der Waals surface area contributed by atoms with E-state index in [1.54, 1.807) is 11.1 Å². The van der Waals surface area contributed by atoms with Gasteiger partial charge in [-0.15, -0.1) is 0 Å². The zero-order valence-corrected chi connectivity index (χ0v) is 7.92. The number of hydrogen-bond acceptors (Lipinski definition) is 1. The first kappa shape index (κ1) is 9.30. The largest absolute Gasteiger partial charge is 0.319 e. The van der Waals surface area contributed by atoms with Crippen molar-refractivity contribution in [2.24, 2.45) is 11.8 Å². The second-order valence-corrected chi connectivity index (χ2v) is 3.74. The molecule has 1 fully saturated rings. The van der Waals surface area contributed by atoms with E-state index < -0.39 is 0 Å². The van der Waals surface area contributed by atoms with Gasteiger partial charge in [0, 0.05) is 12.5 Å². The van der Waals surface area contributed by atoms with E-state index >= 15 is 0 Å². The van der Waals surface area contributed by atoms with Crippen molar-refractivity contribution in [3.05, 3.63) is 12.8 Å². The van der Waals surface area contributed by atoms with Crippen molar-refractivity contribution >= 4 is 5.91 Å². The maximum absolute atomic E-state index is 11.6. The molecule has 0 N–H and O–H groups in total. The van der Waals surface area contributed by atoms with Crippen molar-refractivity contribution in [1.29, 1.82) is 0 Å². The van der Waals surface area contributed by atoms with Crippen LogP contribution in [0.15, 0.2) is 12.8 Å². The van der Waals surface area contributed by atoms with Crippen molar-refractivity contribution in [2.75, 3.05) is 6.54 Å². The fourth-order valence-corrected chi connectivity index (χ4v) is 1.76. The van der Waals surface area contributed by atoms with Crippen LogP contribution in [0.1, 0.15) is 26.7 Å². The van der Waals surface area contributed by atoms with Crippen LogP contribution in [-0.4, -0.2) is 17.4 Å². The van der Waals surface area contributed by atoms with E-state index in [0.717, 1.165) is 19.4 Å². The van der Waals surface area contributed by atoms with Crippen LogP contribution in [0.5, 0.6) is 0 Å². The molecule has 1 aliphatic rings. The number of carbonyl (C=O) groups excluding carboxylic acids is 1.